The van der Waals surface area contributed by atoms with Crippen molar-refractivity contribution in [2.24, 2.45) is 0 Å². The molecule has 2 atom stereocenters. The summed E-state index contributed by atoms with van der Waals surface area (Å²) in [7, 11) is -3.95. The zero-order valence-corrected chi connectivity index (χ0v) is 20.9. The Morgan fingerprint density at radius 2 is 1.79 bits per heavy atom. The summed E-state index contributed by atoms with van der Waals surface area (Å²) in [5.41, 5.74) is 3.42. The third-order valence-corrected chi connectivity index (χ3v) is 7.97. The molecular weight excluding hydrogens is 472 g/mol. The van der Waals surface area contributed by atoms with E-state index in [4.69, 9.17) is 16.3 Å². The first kappa shape index (κ1) is 24.1. The average molecular weight is 499 g/mol. The number of benzene rings is 3. The van der Waals surface area contributed by atoms with Crippen LogP contribution in [-0.2, 0) is 21.2 Å². The van der Waals surface area contributed by atoms with Gasteiger partial charge >= 0.3 is 0 Å². The highest BCUT2D eigenvalue weighted by molar-refractivity contribution is 7.92. The Labute approximate surface area is 205 Å². The second-order valence-electron chi connectivity index (χ2n) is 8.39. The molecule has 1 aliphatic heterocycles. The number of carbonyl (C=O) groups excluding carboxylic acids is 1. The molecule has 0 bridgehead atoms. The van der Waals surface area contributed by atoms with E-state index in [2.05, 4.69) is 12.2 Å². The van der Waals surface area contributed by atoms with Crippen LogP contribution < -0.4 is 14.4 Å². The summed E-state index contributed by atoms with van der Waals surface area (Å²) in [6.45, 7) is 5.69. The Bertz CT molecular complexity index is 1290. The second-order valence-corrected chi connectivity index (χ2v) is 10.7. The Kier molecular flexibility index (Phi) is 6.86. The molecule has 1 N–H and O–H groups in total. The number of anilines is 1. The normalized spacial score (nSPS) is 16.4. The minimum absolute atomic E-state index is 0.134. The molecule has 0 radical (unpaired) electrons. The first-order valence-electron chi connectivity index (χ1n) is 11.1. The molecular formula is C26H27ClN2O4S. The summed E-state index contributed by atoms with van der Waals surface area (Å²) in [6, 6.07) is 19.1. The van der Waals surface area contributed by atoms with Crippen LogP contribution in [0.25, 0.3) is 0 Å². The molecule has 1 aliphatic rings. The first-order chi connectivity index (χ1) is 16.2. The van der Waals surface area contributed by atoms with Crippen molar-refractivity contribution in [1.82, 2.24) is 5.32 Å². The zero-order chi connectivity index (χ0) is 24.5. The SMILES string of the molecule is CCc1ccc([C@H](C)NC(=O)[C@@H]2CN(S(=O)(=O)c3ccc(C)cc3)c3cc(Cl)ccc3O2)cc1. The van der Waals surface area contributed by atoms with Gasteiger partial charge in [0.1, 0.15) is 5.75 Å². The number of amides is 1. The Hall–Kier alpha value is -3.03. The number of rotatable bonds is 6. The monoisotopic (exact) mass is 498 g/mol. The van der Waals surface area contributed by atoms with Gasteiger partial charge in [-0.2, -0.15) is 0 Å². The van der Waals surface area contributed by atoms with E-state index in [9.17, 15) is 13.2 Å². The minimum atomic E-state index is -3.95. The molecule has 1 heterocycles. The fourth-order valence-corrected chi connectivity index (χ4v) is 5.49. The number of sulfonamides is 1. The quantitative estimate of drug-likeness (QED) is 0.516. The molecule has 3 aromatic carbocycles. The fraction of sp³-hybridized carbons (Fsp3) is 0.269. The highest BCUT2D eigenvalue weighted by Crippen LogP contribution is 2.39. The topological polar surface area (TPSA) is 75.7 Å². The minimum Gasteiger partial charge on any atom is -0.476 e. The number of carbonyl (C=O) groups is 1. The molecule has 3 aromatic rings. The van der Waals surface area contributed by atoms with E-state index in [1.54, 1.807) is 36.4 Å². The molecule has 0 aliphatic carbocycles. The number of fused-ring (bicyclic) bond motifs is 1. The molecule has 6 nitrogen and oxygen atoms in total. The molecule has 1 amide bonds. The predicted octanol–water partition coefficient (Wildman–Crippen LogP) is 5.04. The highest BCUT2D eigenvalue weighted by atomic mass is 35.5. The zero-order valence-electron chi connectivity index (χ0n) is 19.3. The van der Waals surface area contributed by atoms with Gasteiger partial charge in [0.2, 0.25) is 0 Å². The van der Waals surface area contributed by atoms with E-state index in [0.717, 1.165) is 17.5 Å². The summed E-state index contributed by atoms with van der Waals surface area (Å²) in [5.74, 6) is -0.108. The van der Waals surface area contributed by atoms with E-state index in [1.807, 2.05) is 38.1 Å². The lowest BCUT2D eigenvalue weighted by Crippen LogP contribution is -2.51. The maximum Gasteiger partial charge on any atom is 0.264 e. The number of hydrogen-bond donors (Lipinski definition) is 1. The maximum absolute atomic E-state index is 13.5. The lowest BCUT2D eigenvalue weighted by Gasteiger charge is -2.35. The van der Waals surface area contributed by atoms with Crippen LogP contribution in [0, 0.1) is 6.92 Å². The molecule has 0 aromatic heterocycles. The van der Waals surface area contributed by atoms with Crippen LogP contribution in [-0.4, -0.2) is 27.0 Å². The van der Waals surface area contributed by atoms with E-state index >= 15 is 0 Å². The van der Waals surface area contributed by atoms with Crippen molar-refractivity contribution in [1.29, 1.82) is 0 Å². The first-order valence-corrected chi connectivity index (χ1v) is 13.0. The molecule has 4 rings (SSSR count). The van der Waals surface area contributed by atoms with Crippen LogP contribution in [0.5, 0.6) is 5.75 Å². The van der Waals surface area contributed by atoms with Gasteiger partial charge < -0.3 is 10.1 Å². The van der Waals surface area contributed by atoms with Crippen LogP contribution in [0.2, 0.25) is 5.02 Å². The van der Waals surface area contributed by atoms with Crippen molar-refractivity contribution in [2.45, 2.75) is 44.2 Å². The number of ether oxygens (including phenoxy) is 1. The fourth-order valence-electron chi connectivity index (χ4n) is 3.86. The van der Waals surface area contributed by atoms with Crippen LogP contribution in [0.4, 0.5) is 5.69 Å². The van der Waals surface area contributed by atoms with Gasteiger partial charge in [-0.1, -0.05) is 60.5 Å². The number of nitrogens with zero attached hydrogens (tertiary/aromatic N) is 1. The largest absolute Gasteiger partial charge is 0.476 e. The van der Waals surface area contributed by atoms with Gasteiger partial charge in [0, 0.05) is 5.02 Å². The average Bonchev–Trinajstić information content (AvgIpc) is 2.83. The van der Waals surface area contributed by atoms with Crippen molar-refractivity contribution in [3.05, 3.63) is 88.4 Å². The van der Waals surface area contributed by atoms with Gasteiger partial charge in [-0.3, -0.25) is 9.10 Å². The Balaban J connectivity index is 1.61. The summed E-state index contributed by atoms with van der Waals surface area (Å²) in [6.07, 6.45) is -0.0858. The lowest BCUT2D eigenvalue weighted by molar-refractivity contribution is -0.128. The summed E-state index contributed by atoms with van der Waals surface area (Å²) in [5, 5.41) is 3.33. The molecule has 0 fully saturated rings. The number of halogens is 1. The van der Waals surface area contributed by atoms with Crippen molar-refractivity contribution >= 4 is 33.2 Å². The molecule has 0 saturated heterocycles. The predicted molar refractivity (Wildman–Crippen MR) is 134 cm³/mol. The summed E-state index contributed by atoms with van der Waals surface area (Å²) >= 11 is 6.16. The van der Waals surface area contributed by atoms with Gasteiger partial charge in [-0.15, -0.1) is 0 Å². The van der Waals surface area contributed by atoms with Crippen molar-refractivity contribution in [2.75, 3.05) is 10.8 Å². The number of nitrogens with one attached hydrogen (secondary N) is 1. The van der Waals surface area contributed by atoms with Gasteiger partial charge in [0.25, 0.3) is 15.9 Å². The molecule has 0 unspecified atom stereocenters. The molecule has 34 heavy (non-hydrogen) atoms. The molecule has 8 heteroatoms. The van der Waals surface area contributed by atoms with Crippen molar-refractivity contribution in [3.8, 4) is 5.75 Å². The summed E-state index contributed by atoms with van der Waals surface area (Å²) < 4.78 is 34.2. The highest BCUT2D eigenvalue weighted by Gasteiger charge is 2.38. The second kappa shape index (κ2) is 9.68. The van der Waals surface area contributed by atoms with Crippen LogP contribution in [0.3, 0.4) is 0 Å². The molecule has 178 valence electrons. The smallest absolute Gasteiger partial charge is 0.264 e. The van der Waals surface area contributed by atoms with Crippen molar-refractivity contribution < 1.29 is 17.9 Å². The third kappa shape index (κ3) is 4.91. The number of aryl methyl sites for hydroxylation is 2. The van der Waals surface area contributed by atoms with Crippen LogP contribution in [0.1, 0.15) is 36.6 Å². The van der Waals surface area contributed by atoms with Crippen LogP contribution >= 0.6 is 11.6 Å². The molecule has 0 spiro atoms. The van der Waals surface area contributed by atoms with E-state index < -0.39 is 22.0 Å². The van der Waals surface area contributed by atoms with Gasteiger partial charge in [-0.05, 0) is 61.7 Å². The van der Waals surface area contributed by atoms with Gasteiger partial charge in [0.05, 0.1) is 23.2 Å². The Morgan fingerprint density at radius 3 is 2.44 bits per heavy atom. The van der Waals surface area contributed by atoms with Gasteiger partial charge in [0.15, 0.2) is 6.10 Å². The Morgan fingerprint density at radius 1 is 1.12 bits per heavy atom. The van der Waals surface area contributed by atoms with Crippen molar-refractivity contribution in [3.63, 3.8) is 0 Å². The lowest BCUT2D eigenvalue weighted by atomic mass is 10.0. The van der Waals surface area contributed by atoms with E-state index in [-0.39, 0.29) is 23.2 Å². The maximum atomic E-state index is 13.5. The third-order valence-electron chi connectivity index (χ3n) is 5.94. The standard InChI is InChI=1S/C26H27ClN2O4S/c1-4-19-7-9-20(10-8-19)18(3)28-26(30)25-16-29(23-15-21(27)11-14-24(23)33-25)34(31,32)22-12-5-17(2)6-13-22/h5-15,18,25H,4,16H2,1-3H3,(H,28,30)/t18-,25-/m0/s1. The molecule has 0 saturated carbocycles. The summed E-state index contributed by atoms with van der Waals surface area (Å²) in [4.78, 5) is 13.3. The van der Waals surface area contributed by atoms with E-state index in [1.165, 1.54) is 15.9 Å². The van der Waals surface area contributed by atoms with E-state index in [0.29, 0.717) is 10.7 Å². The number of hydrogen-bond acceptors (Lipinski definition) is 4. The van der Waals surface area contributed by atoms with Gasteiger partial charge in [-0.25, -0.2) is 8.42 Å². The van der Waals surface area contributed by atoms with Crippen LogP contribution in [0.15, 0.2) is 71.6 Å².